The summed E-state index contributed by atoms with van der Waals surface area (Å²) >= 11 is 0.815. The highest BCUT2D eigenvalue weighted by atomic mass is 32.2. The fourth-order valence-corrected chi connectivity index (χ4v) is 5.35. The molecule has 0 aliphatic carbocycles. The van der Waals surface area contributed by atoms with Crippen molar-refractivity contribution in [3.63, 3.8) is 0 Å². The van der Waals surface area contributed by atoms with Gasteiger partial charge in [-0.25, -0.2) is 13.2 Å². The van der Waals surface area contributed by atoms with Crippen LogP contribution in [0, 0.1) is 0 Å². The lowest BCUT2D eigenvalue weighted by Gasteiger charge is -2.37. The van der Waals surface area contributed by atoms with E-state index in [0.29, 0.717) is 6.42 Å². The molecular formula is C22H29F3N6O4S2. The first kappa shape index (κ1) is 28.8. The van der Waals surface area contributed by atoms with Gasteiger partial charge < -0.3 is 9.64 Å². The van der Waals surface area contributed by atoms with E-state index in [9.17, 15) is 26.4 Å². The molecule has 3 rings (SSSR count). The van der Waals surface area contributed by atoms with Crippen molar-refractivity contribution >= 4 is 49.5 Å². The predicted octanol–water partition coefficient (Wildman–Crippen LogP) is 5.76. The highest BCUT2D eigenvalue weighted by molar-refractivity contribution is 7.92. The van der Waals surface area contributed by atoms with Crippen molar-refractivity contribution in [2.45, 2.75) is 71.7 Å². The first-order chi connectivity index (χ1) is 17.3. The van der Waals surface area contributed by atoms with Gasteiger partial charge in [0.05, 0.1) is 11.8 Å². The van der Waals surface area contributed by atoms with Gasteiger partial charge in [0.1, 0.15) is 5.69 Å². The van der Waals surface area contributed by atoms with Crippen molar-refractivity contribution in [1.29, 1.82) is 0 Å². The molecule has 2 aromatic rings. The van der Waals surface area contributed by atoms with Crippen molar-refractivity contribution in [1.82, 2.24) is 10.2 Å². The third-order valence-electron chi connectivity index (χ3n) is 5.42. The molecule has 15 heteroatoms. The van der Waals surface area contributed by atoms with Gasteiger partial charge in [-0.1, -0.05) is 24.7 Å². The van der Waals surface area contributed by atoms with Gasteiger partial charge in [-0.05, 0) is 57.7 Å². The fraction of sp³-hybridized carbons (Fsp3) is 0.591. The average molecular weight is 563 g/mol. The van der Waals surface area contributed by atoms with Crippen LogP contribution in [0.15, 0.2) is 22.4 Å². The van der Waals surface area contributed by atoms with E-state index in [1.807, 2.05) is 4.72 Å². The number of benzene rings is 1. The number of carbonyl (C=O) groups excluding carboxylic acids is 1. The lowest BCUT2D eigenvalue weighted by Crippen LogP contribution is -2.38. The number of sulfonamides is 1. The summed E-state index contributed by atoms with van der Waals surface area (Å²) in [7, 11) is -4.77. The zero-order valence-electron chi connectivity index (χ0n) is 20.9. The molecule has 1 aromatic heterocycles. The number of nitrogens with zero attached hydrogens (tertiary/aromatic N) is 5. The third kappa shape index (κ3) is 8.09. The normalized spacial score (nSPS) is 16.3. The van der Waals surface area contributed by atoms with Gasteiger partial charge in [-0.2, -0.15) is 13.2 Å². The lowest BCUT2D eigenvalue weighted by atomic mass is 9.95. The molecule has 0 fully saturated rings. The number of rotatable bonds is 10. The van der Waals surface area contributed by atoms with Crippen molar-refractivity contribution < 1.29 is 31.1 Å². The number of aryl methyl sites for hydroxylation is 1. The van der Waals surface area contributed by atoms with E-state index in [-0.39, 0.29) is 33.7 Å². The number of esters is 1. The van der Waals surface area contributed by atoms with Gasteiger partial charge in [0.25, 0.3) is 5.13 Å². The van der Waals surface area contributed by atoms with E-state index in [2.05, 4.69) is 39.2 Å². The van der Waals surface area contributed by atoms with Gasteiger partial charge in [0.15, 0.2) is 5.75 Å². The van der Waals surface area contributed by atoms with Crippen LogP contribution in [-0.4, -0.2) is 55.2 Å². The number of hydrogen-bond acceptors (Lipinski definition) is 10. The zero-order valence-corrected chi connectivity index (χ0v) is 22.5. The summed E-state index contributed by atoms with van der Waals surface area (Å²) in [6.07, 6.45) is -1.89. The molecule has 0 spiro atoms. The molecular weight excluding hydrogens is 533 g/mol. The number of fused-ring (bicyclic) bond motifs is 1. The van der Waals surface area contributed by atoms with E-state index in [0.717, 1.165) is 48.4 Å². The minimum atomic E-state index is -4.92. The summed E-state index contributed by atoms with van der Waals surface area (Å²) in [4.78, 5) is 14.1. The van der Waals surface area contributed by atoms with E-state index in [1.54, 1.807) is 19.9 Å². The number of hydrogen-bond donors (Lipinski definition) is 1. The number of ether oxygens (including phenoxy) is 1. The number of unbranched alkanes of at least 4 members (excludes halogenated alkanes) is 1. The Hall–Kier alpha value is -2.81. The van der Waals surface area contributed by atoms with E-state index in [1.165, 1.54) is 6.07 Å². The standard InChI is InChI=1S/C22H29F3N6O4S2/c1-5-6-9-31-14(4)7-8-15-10-16(17(11-18(15)31)30-37(33,34)12-22(23,24)25)26-28-21-29-27-19(36-21)20(32)35-13(2)3/h10-11,13-14,30H,5-9,12H2,1-4H3. The molecule has 1 aliphatic rings. The molecule has 0 saturated heterocycles. The predicted molar refractivity (Wildman–Crippen MR) is 135 cm³/mol. The first-order valence-electron chi connectivity index (χ1n) is 11.7. The maximum absolute atomic E-state index is 12.9. The van der Waals surface area contributed by atoms with Gasteiger partial charge in [-0.15, -0.1) is 20.4 Å². The second-order valence-corrected chi connectivity index (χ2v) is 11.6. The van der Waals surface area contributed by atoms with Gasteiger partial charge >= 0.3 is 12.1 Å². The van der Waals surface area contributed by atoms with Crippen LogP contribution in [0.3, 0.4) is 0 Å². The minimum absolute atomic E-state index is 0.00396. The minimum Gasteiger partial charge on any atom is -0.458 e. The molecule has 1 atom stereocenters. The zero-order chi connectivity index (χ0) is 27.4. The summed E-state index contributed by atoms with van der Waals surface area (Å²) in [6.45, 7) is 8.19. The summed E-state index contributed by atoms with van der Waals surface area (Å²) in [5.41, 5.74) is 1.51. The largest absolute Gasteiger partial charge is 0.458 e. The summed E-state index contributed by atoms with van der Waals surface area (Å²) in [5, 5.41) is 15.4. The summed E-state index contributed by atoms with van der Waals surface area (Å²) in [6, 6.07) is 3.30. The molecule has 37 heavy (non-hydrogen) atoms. The van der Waals surface area contributed by atoms with Crippen molar-refractivity contribution in [3.8, 4) is 0 Å². The smallest absolute Gasteiger partial charge is 0.404 e. The van der Waals surface area contributed by atoms with Crippen molar-refractivity contribution in [3.05, 3.63) is 22.7 Å². The topological polar surface area (TPSA) is 126 Å². The third-order valence-corrected chi connectivity index (χ3v) is 7.44. The molecule has 204 valence electrons. The summed E-state index contributed by atoms with van der Waals surface area (Å²) < 4.78 is 70.3. The number of alkyl halides is 3. The molecule has 1 unspecified atom stereocenters. The Morgan fingerprint density at radius 3 is 2.68 bits per heavy atom. The van der Waals surface area contributed by atoms with Gasteiger partial charge in [0.2, 0.25) is 15.0 Å². The average Bonchev–Trinajstić information content (AvgIpc) is 3.24. The van der Waals surface area contributed by atoms with Crippen molar-refractivity contribution in [2.75, 3.05) is 21.9 Å². The maximum Gasteiger partial charge on any atom is 0.404 e. The van der Waals surface area contributed by atoms with Crippen LogP contribution in [0.1, 0.15) is 62.3 Å². The highest BCUT2D eigenvalue weighted by Gasteiger charge is 2.36. The second-order valence-electron chi connectivity index (χ2n) is 8.95. The number of halogens is 3. The molecule has 0 radical (unpaired) electrons. The van der Waals surface area contributed by atoms with E-state index < -0.39 is 27.9 Å². The molecule has 1 aromatic carbocycles. The Kier molecular flexibility index (Phi) is 9.10. The van der Waals surface area contributed by atoms with E-state index in [4.69, 9.17) is 4.74 Å². The Morgan fingerprint density at radius 1 is 1.30 bits per heavy atom. The number of nitrogens with one attached hydrogen (secondary N) is 1. The Labute approximate surface area is 217 Å². The van der Waals surface area contributed by atoms with Crippen LogP contribution in [-0.2, 0) is 21.2 Å². The Morgan fingerprint density at radius 2 is 2.03 bits per heavy atom. The summed E-state index contributed by atoms with van der Waals surface area (Å²) in [5.74, 6) is -2.72. The molecule has 1 aliphatic heterocycles. The number of aromatic nitrogens is 2. The van der Waals surface area contributed by atoms with Crippen LogP contribution >= 0.6 is 11.3 Å². The van der Waals surface area contributed by atoms with Crippen LogP contribution in [0.4, 0.5) is 35.4 Å². The van der Waals surface area contributed by atoms with E-state index >= 15 is 0 Å². The van der Waals surface area contributed by atoms with Crippen LogP contribution in [0.2, 0.25) is 0 Å². The maximum atomic E-state index is 12.9. The lowest BCUT2D eigenvalue weighted by molar-refractivity contribution is -0.106. The first-order valence-corrected chi connectivity index (χ1v) is 14.2. The second kappa shape index (κ2) is 11.7. The number of azo groups is 1. The molecule has 0 bridgehead atoms. The molecule has 0 amide bonds. The van der Waals surface area contributed by atoms with Crippen LogP contribution in [0.5, 0.6) is 0 Å². The molecule has 0 saturated carbocycles. The highest BCUT2D eigenvalue weighted by Crippen LogP contribution is 2.40. The quantitative estimate of drug-likeness (QED) is 0.288. The molecule has 2 heterocycles. The van der Waals surface area contributed by atoms with Crippen LogP contribution < -0.4 is 9.62 Å². The SMILES string of the molecule is CCCCN1c2cc(NS(=O)(=O)CC(F)(F)F)c(N=Nc3nnc(C(=O)OC(C)C)s3)cc2CCC1C. The van der Waals surface area contributed by atoms with Gasteiger partial charge in [0, 0.05) is 18.3 Å². The number of carbonyl (C=O) groups is 1. The van der Waals surface area contributed by atoms with Crippen LogP contribution in [0.25, 0.3) is 0 Å². The van der Waals surface area contributed by atoms with Crippen molar-refractivity contribution in [2.24, 2.45) is 10.2 Å². The number of anilines is 2. The Balaban J connectivity index is 1.99. The molecule has 1 N–H and O–H groups in total. The molecule has 10 nitrogen and oxygen atoms in total. The monoisotopic (exact) mass is 562 g/mol. The Bertz CT molecular complexity index is 1250. The fourth-order valence-electron chi connectivity index (χ4n) is 3.80. The van der Waals surface area contributed by atoms with Gasteiger partial charge in [-0.3, -0.25) is 4.72 Å².